The van der Waals surface area contributed by atoms with E-state index in [2.05, 4.69) is 21.2 Å². The van der Waals surface area contributed by atoms with E-state index < -0.39 is 0 Å². The Hall–Kier alpha value is -1.95. The number of hydrogen-bond acceptors (Lipinski definition) is 3. The van der Waals surface area contributed by atoms with Gasteiger partial charge in [0.15, 0.2) is 0 Å². The fourth-order valence-corrected chi connectivity index (χ4v) is 3.99. The van der Waals surface area contributed by atoms with Gasteiger partial charge < -0.3 is 5.32 Å². The summed E-state index contributed by atoms with van der Waals surface area (Å²) >= 11 is 3.46. The van der Waals surface area contributed by atoms with E-state index in [0.29, 0.717) is 12.8 Å². The topological polar surface area (TPSA) is 66.5 Å². The minimum absolute atomic E-state index is 0.209. The van der Waals surface area contributed by atoms with Gasteiger partial charge in [0, 0.05) is 4.47 Å². The second-order valence-electron chi connectivity index (χ2n) is 6.23. The first-order chi connectivity index (χ1) is 11.5. The van der Waals surface area contributed by atoms with Gasteiger partial charge in [-0.05, 0) is 31.4 Å². The SMILES string of the molecule is C[C@H](NC(=O)CN1C(=O)[C@H]2CC=CC[C@@H]2C1=O)c1ccccc1Br. The highest BCUT2D eigenvalue weighted by Crippen LogP contribution is 2.34. The first kappa shape index (κ1) is 16.9. The van der Waals surface area contributed by atoms with Crippen molar-refractivity contribution < 1.29 is 14.4 Å². The zero-order valence-corrected chi connectivity index (χ0v) is 15.0. The first-order valence-electron chi connectivity index (χ1n) is 8.03. The summed E-state index contributed by atoms with van der Waals surface area (Å²) in [5.74, 6) is -1.37. The molecule has 0 unspecified atom stereocenters. The van der Waals surface area contributed by atoms with E-state index in [1.54, 1.807) is 0 Å². The fraction of sp³-hybridized carbons (Fsp3) is 0.389. The molecule has 0 saturated carbocycles. The predicted octanol–water partition coefficient (Wildman–Crippen LogP) is 2.58. The van der Waals surface area contributed by atoms with E-state index in [1.807, 2.05) is 43.3 Å². The predicted molar refractivity (Wildman–Crippen MR) is 92.8 cm³/mol. The Morgan fingerprint density at radius 1 is 1.21 bits per heavy atom. The number of nitrogens with zero attached hydrogens (tertiary/aromatic N) is 1. The number of carbonyl (C=O) groups is 3. The molecule has 1 fully saturated rings. The van der Waals surface area contributed by atoms with Crippen LogP contribution in [0.1, 0.15) is 31.4 Å². The number of imide groups is 1. The smallest absolute Gasteiger partial charge is 0.240 e. The monoisotopic (exact) mass is 390 g/mol. The van der Waals surface area contributed by atoms with Crippen molar-refractivity contribution in [3.05, 3.63) is 46.5 Å². The summed E-state index contributed by atoms with van der Waals surface area (Å²) in [6.45, 7) is 1.66. The molecule has 0 bridgehead atoms. The average molecular weight is 391 g/mol. The lowest BCUT2D eigenvalue weighted by Crippen LogP contribution is -2.41. The molecule has 1 heterocycles. The van der Waals surface area contributed by atoms with Crippen LogP contribution in [0.5, 0.6) is 0 Å². The van der Waals surface area contributed by atoms with Crippen LogP contribution in [0.3, 0.4) is 0 Å². The van der Waals surface area contributed by atoms with Crippen molar-refractivity contribution in [3.8, 4) is 0 Å². The van der Waals surface area contributed by atoms with Crippen LogP contribution in [0.15, 0.2) is 40.9 Å². The second kappa shape index (κ2) is 6.89. The van der Waals surface area contributed by atoms with Gasteiger partial charge in [0.2, 0.25) is 17.7 Å². The van der Waals surface area contributed by atoms with Gasteiger partial charge in [0.1, 0.15) is 6.54 Å². The van der Waals surface area contributed by atoms with Gasteiger partial charge in [0.25, 0.3) is 0 Å². The van der Waals surface area contributed by atoms with Gasteiger partial charge in [-0.2, -0.15) is 0 Å². The minimum Gasteiger partial charge on any atom is -0.348 e. The molecule has 24 heavy (non-hydrogen) atoms. The summed E-state index contributed by atoms with van der Waals surface area (Å²) < 4.78 is 0.906. The molecule has 1 aromatic carbocycles. The maximum atomic E-state index is 12.4. The normalized spacial score (nSPS) is 24.0. The quantitative estimate of drug-likeness (QED) is 0.634. The van der Waals surface area contributed by atoms with E-state index in [4.69, 9.17) is 0 Å². The van der Waals surface area contributed by atoms with Crippen molar-refractivity contribution in [2.24, 2.45) is 11.8 Å². The van der Waals surface area contributed by atoms with E-state index >= 15 is 0 Å². The number of carbonyl (C=O) groups excluding carboxylic acids is 3. The third-order valence-electron chi connectivity index (χ3n) is 4.65. The Balaban J connectivity index is 1.64. The van der Waals surface area contributed by atoms with Crippen molar-refractivity contribution in [1.29, 1.82) is 0 Å². The van der Waals surface area contributed by atoms with Gasteiger partial charge in [0.05, 0.1) is 17.9 Å². The summed E-state index contributed by atoms with van der Waals surface area (Å²) in [4.78, 5) is 38.2. The molecule has 0 aromatic heterocycles. The maximum Gasteiger partial charge on any atom is 0.240 e. The highest BCUT2D eigenvalue weighted by Gasteiger charge is 2.47. The van der Waals surface area contributed by atoms with Crippen molar-refractivity contribution in [3.63, 3.8) is 0 Å². The summed E-state index contributed by atoms with van der Waals surface area (Å²) in [6.07, 6.45) is 5.04. The molecular weight excluding hydrogens is 372 g/mol. The summed E-state index contributed by atoms with van der Waals surface area (Å²) in [5.41, 5.74) is 0.947. The third-order valence-corrected chi connectivity index (χ3v) is 5.37. The number of hydrogen-bond donors (Lipinski definition) is 1. The van der Waals surface area contributed by atoms with Crippen LogP contribution in [-0.2, 0) is 14.4 Å². The van der Waals surface area contributed by atoms with Crippen LogP contribution < -0.4 is 5.32 Å². The molecule has 1 aromatic rings. The average Bonchev–Trinajstić information content (AvgIpc) is 2.80. The number of halogens is 1. The van der Waals surface area contributed by atoms with Crippen LogP contribution in [-0.4, -0.2) is 29.2 Å². The Kier molecular flexibility index (Phi) is 4.85. The van der Waals surface area contributed by atoms with Gasteiger partial charge in [-0.15, -0.1) is 0 Å². The molecule has 5 nitrogen and oxygen atoms in total. The molecule has 1 aliphatic carbocycles. The van der Waals surface area contributed by atoms with Crippen molar-refractivity contribution >= 4 is 33.7 Å². The molecule has 3 atom stereocenters. The van der Waals surface area contributed by atoms with Crippen LogP contribution >= 0.6 is 15.9 Å². The molecule has 3 rings (SSSR count). The first-order valence-corrected chi connectivity index (χ1v) is 8.82. The number of rotatable bonds is 4. The third kappa shape index (κ3) is 3.15. The molecule has 1 N–H and O–H groups in total. The van der Waals surface area contributed by atoms with E-state index in [1.165, 1.54) is 0 Å². The molecule has 6 heteroatoms. The lowest BCUT2D eigenvalue weighted by molar-refractivity contribution is -0.143. The number of nitrogens with one attached hydrogen (secondary N) is 1. The van der Waals surface area contributed by atoms with E-state index in [-0.39, 0.29) is 42.1 Å². The van der Waals surface area contributed by atoms with Crippen molar-refractivity contribution in [2.45, 2.75) is 25.8 Å². The van der Waals surface area contributed by atoms with Gasteiger partial charge in [-0.1, -0.05) is 46.3 Å². The number of allylic oxidation sites excluding steroid dienone is 2. The van der Waals surface area contributed by atoms with Crippen molar-refractivity contribution in [2.75, 3.05) is 6.54 Å². The van der Waals surface area contributed by atoms with Gasteiger partial charge in [-0.3, -0.25) is 19.3 Å². The summed E-state index contributed by atoms with van der Waals surface area (Å²) in [6, 6.07) is 7.41. The summed E-state index contributed by atoms with van der Waals surface area (Å²) in [5, 5.41) is 2.86. The molecular formula is C18H19BrN2O3. The molecule has 0 spiro atoms. The molecule has 126 valence electrons. The Labute approximate surface area is 149 Å². The van der Waals surface area contributed by atoms with Crippen molar-refractivity contribution in [1.82, 2.24) is 10.2 Å². The molecule has 0 radical (unpaired) electrons. The second-order valence-corrected chi connectivity index (χ2v) is 7.08. The molecule has 1 saturated heterocycles. The number of likely N-dealkylation sites (tertiary alicyclic amines) is 1. The highest BCUT2D eigenvalue weighted by atomic mass is 79.9. The van der Waals surface area contributed by atoms with Crippen LogP contribution in [0.25, 0.3) is 0 Å². The Bertz CT molecular complexity index is 690. The molecule has 3 amide bonds. The minimum atomic E-state index is -0.327. The maximum absolute atomic E-state index is 12.4. The molecule has 1 aliphatic heterocycles. The molecule has 2 aliphatic rings. The van der Waals surface area contributed by atoms with Gasteiger partial charge >= 0.3 is 0 Å². The van der Waals surface area contributed by atoms with Gasteiger partial charge in [-0.25, -0.2) is 0 Å². The zero-order valence-electron chi connectivity index (χ0n) is 13.4. The van der Waals surface area contributed by atoms with Crippen LogP contribution in [0.2, 0.25) is 0 Å². The largest absolute Gasteiger partial charge is 0.348 e. The standard InChI is InChI=1S/C18H19BrN2O3/c1-11(12-6-4-5-9-15(12)19)20-16(22)10-21-17(23)13-7-2-3-8-14(13)18(21)24/h2-6,9,11,13-14H,7-8,10H2,1H3,(H,20,22)/t11-,13-,14-/m0/s1. The highest BCUT2D eigenvalue weighted by molar-refractivity contribution is 9.10. The summed E-state index contributed by atoms with van der Waals surface area (Å²) in [7, 11) is 0. The Morgan fingerprint density at radius 2 is 1.79 bits per heavy atom. The fourth-order valence-electron chi connectivity index (χ4n) is 3.36. The van der Waals surface area contributed by atoms with E-state index in [9.17, 15) is 14.4 Å². The van der Waals surface area contributed by atoms with Crippen LogP contribution in [0.4, 0.5) is 0 Å². The lowest BCUT2D eigenvalue weighted by Gasteiger charge is -2.19. The zero-order chi connectivity index (χ0) is 17.3. The lowest BCUT2D eigenvalue weighted by atomic mass is 9.85. The Morgan fingerprint density at radius 3 is 2.38 bits per heavy atom. The number of fused-ring (bicyclic) bond motifs is 1. The van der Waals surface area contributed by atoms with Crippen LogP contribution in [0, 0.1) is 11.8 Å². The number of benzene rings is 1. The van der Waals surface area contributed by atoms with E-state index in [0.717, 1.165) is 14.9 Å². The number of amides is 3.